The van der Waals surface area contributed by atoms with E-state index in [0.717, 1.165) is 24.4 Å². The van der Waals surface area contributed by atoms with Crippen LogP contribution < -0.4 is 0 Å². The fraction of sp³-hybridized carbons (Fsp3) is 0.714. The van der Waals surface area contributed by atoms with Crippen LogP contribution in [0.4, 0.5) is 0 Å². The van der Waals surface area contributed by atoms with E-state index in [4.69, 9.17) is 8.83 Å². The zero-order valence-electron chi connectivity index (χ0n) is 19.1. The summed E-state index contributed by atoms with van der Waals surface area (Å²) in [5.41, 5.74) is 5.81. The van der Waals surface area contributed by atoms with Crippen LogP contribution in [0.3, 0.4) is 0 Å². The lowest BCUT2D eigenvalue weighted by atomic mass is 9.93. The van der Waals surface area contributed by atoms with Crippen LogP contribution in [0.1, 0.15) is 125 Å². The van der Waals surface area contributed by atoms with Crippen molar-refractivity contribution in [1.82, 2.24) is 0 Å². The minimum absolute atomic E-state index is 1.07. The van der Waals surface area contributed by atoms with E-state index in [1.165, 1.54) is 138 Å². The molecule has 0 aliphatic heterocycles. The first kappa shape index (κ1) is 21.8. The highest BCUT2D eigenvalue weighted by molar-refractivity contribution is 5.63. The van der Waals surface area contributed by atoms with Crippen molar-refractivity contribution in [3.63, 3.8) is 0 Å². The molecule has 2 heteroatoms. The second-order valence-electron chi connectivity index (χ2n) is 9.79. The molecule has 2 heterocycles. The van der Waals surface area contributed by atoms with Gasteiger partial charge in [0, 0.05) is 11.1 Å². The Labute approximate surface area is 183 Å². The van der Waals surface area contributed by atoms with Crippen LogP contribution in [0.2, 0.25) is 0 Å². The Morgan fingerprint density at radius 3 is 1.03 bits per heavy atom. The quantitative estimate of drug-likeness (QED) is 0.469. The van der Waals surface area contributed by atoms with Gasteiger partial charge in [-0.3, -0.25) is 0 Å². The van der Waals surface area contributed by atoms with Gasteiger partial charge >= 0.3 is 0 Å². The molecule has 2 aromatic heterocycles. The molecule has 0 fully saturated rings. The van der Waals surface area contributed by atoms with E-state index in [1.807, 2.05) is 0 Å². The van der Waals surface area contributed by atoms with Crippen molar-refractivity contribution < 1.29 is 8.83 Å². The second-order valence-corrected chi connectivity index (χ2v) is 9.79. The Morgan fingerprint density at radius 1 is 0.367 bits per heavy atom. The summed E-state index contributed by atoms with van der Waals surface area (Å²) in [5.74, 6) is 2.13. The highest BCUT2D eigenvalue weighted by Gasteiger charge is 2.23. The fourth-order valence-corrected chi connectivity index (χ4v) is 5.54. The molecule has 0 unspecified atom stereocenters. The normalized spacial score (nSPS) is 20.7. The Hall–Kier alpha value is -1.44. The highest BCUT2D eigenvalue weighted by atomic mass is 16.4. The molecular weight excluding hydrogens is 368 g/mol. The van der Waals surface area contributed by atoms with Crippen molar-refractivity contribution in [3.8, 4) is 11.5 Å². The molecule has 2 aliphatic carbocycles. The maximum atomic E-state index is 6.26. The van der Waals surface area contributed by atoms with Crippen LogP contribution in [-0.2, 0) is 25.7 Å². The van der Waals surface area contributed by atoms with Crippen molar-refractivity contribution in [3.05, 3.63) is 34.8 Å². The van der Waals surface area contributed by atoms with Crippen LogP contribution in [0, 0.1) is 0 Å². The number of rotatable bonds is 1. The second kappa shape index (κ2) is 11.8. The maximum absolute atomic E-state index is 6.26. The van der Waals surface area contributed by atoms with Gasteiger partial charge in [-0.25, -0.2) is 0 Å². The van der Waals surface area contributed by atoms with Crippen LogP contribution in [0.15, 0.2) is 21.4 Å². The summed E-state index contributed by atoms with van der Waals surface area (Å²) < 4.78 is 12.5. The highest BCUT2D eigenvalue weighted by Crippen LogP contribution is 2.37. The topological polar surface area (TPSA) is 26.3 Å². The number of aryl methyl sites for hydroxylation is 2. The first-order chi connectivity index (χ1) is 14.9. The molecule has 2 nitrogen and oxygen atoms in total. The van der Waals surface area contributed by atoms with E-state index < -0.39 is 0 Å². The largest absolute Gasteiger partial charge is 0.460 e. The van der Waals surface area contributed by atoms with Gasteiger partial charge in [0.2, 0.25) is 0 Å². The molecule has 0 spiro atoms. The maximum Gasteiger partial charge on any atom is 0.172 e. The third-order valence-corrected chi connectivity index (χ3v) is 7.41. The van der Waals surface area contributed by atoms with Crippen LogP contribution >= 0.6 is 0 Å². The first-order valence-electron chi connectivity index (χ1n) is 13.1. The third kappa shape index (κ3) is 5.83. The van der Waals surface area contributed by atoms with Crippen LogP contribution in [-0.4, -0.2) is 0 Å². The molecule has 2 aliphatic rings. The molecule has 0 N–H and O–H groups in total. The predicted molar refractivity (Wildman–Crippen MR) is 125 cm³/mol. The zero-order chi connectivity index (χ0) is 20.4. The van der Waals surface area contributed by atoms with E-state index in [-0.39, 0.29) is 0 Å². The minimum atomic E-state index is 1.07. The third-order valence-electron chi connectivity index (χ3n) is 7.41. The summed E-state index contributed by atoms with van der Waals surface area (Å²) in [6.45, 7) is 0. The average Bonchev–Trinajstić information content (AvgIpc) is 3.31. The molecule has 0 saturated carbocycles. The summed E-state index contributed by atoms with van der Waals surface area (Å²) in [6.07, 6.45) is 30.5. The van der Waals surface area contributed by atoms with E-state index >= 15 is 0 Å². The van der Waals surface area contributed by atoms with Crippen molar-refractivity contribution in [1.29, 1.82) is 0 Å². The van der Waals surface area contributed by atoms with Crippen molar-refractivity contribution in [2.75, 3.05) is 0 Å². The van der Waals surface area contributed by atoms with E-state index in [2.05, 4.69) is 12.5 Å². The van der Waals surface area contributed by atoms with Crippen molar-refractivity contribution in [2.45, 2.75) is 128 Å². The Balaban J connectivity index is 1.58. The minimum Gasteiger partial charge on any atom is -0.460 e. The van der Waals surface area contributed by atoms with Gasteiger partial charge in [0.15, 0.2) is 11.5 Å². The van der Waals surface area contributed by atoms with Gasteiger partial charge in [-0.2, -0.15) is 0 Å². The lowest BCUT2D eigenvalue weighted by Crippen LogP contribution is -1.98. The van der Waals surface area contributed by atoms with Crippen molar-refractivity contribution in [2.24, 2.45) is 0 Å². The molecule has 0 radical (unpaired) electrons. The summed E-state index contributed by atoms with van der Waals surface area (Å²) >= 11 is 0. The zero-order valence-corrected chi connectivity index (χ0v) is 19.1. The van der Waals surface area contributed by atoms with Crippen molar-refractivity contribution >= 4 is 0 Å². The number of fused-ring (bicyclic) bond motifs is 2. The Morgan fingerprint density at radius 2 is 0.667 bits per heavy atom. The SMILES string of the molecule is c1oc(-c2occ3c2CCCCCCCCCC3)c2c1CCCCCCCCCC2. The first-order valence-corrected chi connectivity index (χ1v) is 13.1. The Bertz CT molecular complexity index is 687. The summed E-state index contributed by atoms with van der Waals surface area (Å²) in [7, 11) is 0. The molecule has 0 amide bonds. The van der Waals surface area contributed by atoms with Gasteiger partial charge < -0.3 is 8.83 Å². The smallest absolute Gasteiger partial charge is 0.172 e. The van der Waals surface area contributed by atoms with E-state index in [1.54, 1.807) is 0 Å². The van der Waals surface area contributed by atoms with Gasteiger partial charge in [0.05, 0.1) is 12.5 Å². The molecule has 4 rings (SSSR count). The summed E-state index contributed by atoms with van der Waals surface area (Å²) in [4.78, 5) is 0. The average molecular weight is 411 g/mol. The van der Waals surface area contributed by atoms with Gasteiger partial charge in [-0.15, -0.1) is 0 Å². The lowest BCUT2D eigenvalue weighted by Gasteiger charge is -2.10. The molecule has 2 aromatic rings. The lowest BCUT2D eigenvalue weighted by molar-refractivity contribution is 0.516. The van der Waals surface area contributed by atoms with Crippen LogP contribution in [0.5, 0.6) is 0 Å². The molecule has 30 heavy (non-hydrogen) atoms. The standard InChI is InChI=1S/C28H42O2/c1-3-7-11-15-19-25-23(17-13-9-5-1)21-29-27(25)28-26-20-16-12-8-4-2-6-10-14-18-24(26)22-30-28/h21-22H,1-20H2. The van der Waals surface area contributed by atoms with Gasteiger partial charge in [0.25, 0.3) is 0 Å². The molecular formula is C28H42O2. The monoisotopic (exact) mass is 410 g/mol. The summed E-state index contributed by atoms with van der Waals surface area (Å²) in [5, 5.41) is 0. The molecule has 0 aromatic carbocycles. The number of hydrogen-bond acceptors (Lipinski definition) is 2. The fourth-order valence-electron chi connectivity index (χ4n) is 5.54. The summed E-state index contributed by atoms with van der Waals surface area (Å²) in [6, 6.07) is 0. The molecule has 0 saturated heterocycles. The molecule has 166 valence electrons. The van der Waals surface area contributed by atoms with Gasteiger partial charge in [0.1, 0.15) is 0 Å². The number of hydrogen-bond donors (Lipinski definition) is 0. The van der Waals surface area contributed by atoms with E-state index in [0.29, 0.717) is 0 Å². The van der Waals surface area contributed by atoms with E-state index in [9.17, 15) is 0 Å². The van der Waals surface area contributed by atoms with Gasteiger partial charge in [-0.1, -0.05) is 77.0 Å². The Kier molecular flexibility index (Phi) is 8.58. The van der Waals surface area contributed by atoms with Crippen LogP contribution in [0.25, 0.3) is 11.5 Å². The predicted octanol–water partition coefficient (Wildman–Crippen LogP) is 8.98. The molecule has 0 bridgehead atoms. The molecule has 0 atom stereocenters. The number of furan rings is 2. The van der Waals surface area contributed by atoms with Gasteiger partial charge in [-0.05, 0) is 62.5 Å².